The van der Waals surface area contributed by atoms with Gasteiger partial charge in [-0.15, -0.1) is 0 Å². The van der Waals surface area contributed by atoms with E-state index < -0.39 is 0 Å². The van der Waals surface area contributed by atoms with E-state index in [-0.39, 0.29) is 5.91 Å². The summed E-state index contributed by atoms with van der Waals surface area (Å²) in [7, 11) is 0. The molecule has 7 heteroatoms. The fourth-order valence-electron chi connectivity index (χ4n) is 4.22. The van der Waals surface area contributed by atoms with Gasteiger partial charge < -0.3 is 14.9 Å². The molecule has 1 amide bonds. The molecule has 0 bridgehead atoms. The van der Waals surface area contributed by atoms with Gasteiger partial charge in [-0.25, -0.2) is 9.97 Å². The Balaban J connectivity index is 1.66. The molecule has 0 aliphatic carbocycles. The van der Waals surface area contributed by atoms with Crippen LogP contribution in [0.25, 0.3) is 11.3 Å². The van der Waals surface area contributed by atoms with Gasteiger partial charge in [0, 0.05) is 48.6 Å². The van der Waals surface area contributed by atoms with Crippen molar-refractivity contribution in [3.8, 4) is 11.3 Å². The van der Waals surface area contributed by atoms with Crippen LogP contribution in [0.2, 0.25) is 0 Å². The van der Waals surface area contributed by atoms with Gasteiger partial charge in [0.05, 0.1) is 11.4 Å². The summed E-state index contributed by atoms with van der Waals surface area (Å²) in [6.07, 6.45) is 5.57. The number of aromatic amines is 1. The second kappa shape index (κ2) is 7.18. The number of aromatic nitrogens is 4. The zero-order chi connectivity index (χ0) is 20.7. The normalized spacial score (nSPS) is 13.1. The summed E-state index contributed by atoms with van der Waals surface area (Å²) < 4.78 is 2.09. The number of hydrogen-bond acceptors (Lipinski definition) is 4. The molecule has 0 atom stereocenters. The third kappa shape index (κ3) is 2.86. The van der Waals surface area contributed by atoms with Gasteiger partial charge in [-0.3, -0.25) is 9.69 Å². The fourth-order valence-corrected chi connectivity index (χ4v) is 4.22. The van der Waals surface area contributed by atoms with E-state index in [1.807, 2.05) is 73.6 Å². The van der Waals surface area contributed by atoms with Crippen molar-refractivity contribution in [1.29, 1.82) is 0 Å². The fraction of sp³-hybridized carbons (Fsp3) is 0.174. The van der Waals surface area contributed by atoms with Crippen molar-refractivity contribution in [3.05, 3.63) is 78.0 Å². The molecular weight excluding hydrogens is 376 g/mol. The van der Waals surface area contributed by atoms with Crippen molar-refractivity contribution in [1.82, 2.24) is 24.8 Å². The molecule has 0 fully saturated rings. The molecule has 30 heavy (non-hydrogen) atoms. The quantitative estimate of drug-likeness (QED) is 0.542. The number of para-hydroxylation sites is 1. The second-order valence-corrected chi connectivity index (χ2v) is 7.32. The summed E-state index contributed by atoms with van der Waals surface area (Å²) in [5, 5.41) is 2.94. The molecule has 3 aromatic heterocycles. The topological polar surface area (TPSA) is 78.8 Å². The highest BCUT2D eigenvalue weighted by Crippen LogP contribution is 2.35. The van der Waals surface area contributed by atoms with Crippen molar-refractivity contribution in [2.24, 2.45) is 0 Å². The Kier molecular flexibility index (Phi) is 4.35. The number of nitrogens with one attached hydrogen (secondary N) is 2. The van der Waals surface area contributed by atoms with Gasteiger partial charge in [0.2, 0.25) is 5.95 Å². The zero-order valence-corrected chi connectivity index (χ0v) is 16.9. The molecule has 0 saturated heterocycles. The van der Waals surface area contributed by atoms with Gasteiger partial charge >= 0.3 is 0 Å². The van der Waals surface area contributed by atoms with Crippen LogP contribution in [-0.4, -0.2) is 32.0 Å². The monoisotopic (exact) mass is 398 g/mol. The third-order valence-electron chi connectivity index (χ3n) is 5.56. The van der Waals surface area contributed by atoms with Crippen molar-refractivity contribution in [3.63, 3.8) is 0 Å². The number of rotatable bonds is 4. The molecule has 0 radical (unpaired) electrons. The SMILES string of the molecule is Cc1c(-c2ccnc(N(c3ccccc3)c3cc[nH]c3)n2)c(C)n2c1C(=O)NCC2. The average Bonchev–Trinajstić information content (AvgIpc) is 3.37. The van der Waals surface area contributed by atoms with E-state index in [0.29, 0.717) is 12.5 Å². The number of carbonyl (C=O) groups excluding carboxylic acids is 1. The summed E-state index contributed by atoms with van der Waals surface area (Å²) in [4.78, 5) is 27.0. The lowest BCUT2D eigenvalue weighted by atomic mass is 10.1. The van der Waals surface area contributed by atoms with E-state index in [1.165, 1.54) is 0 Å². The molecule has 7 nitrogen and oxygen atoms in total. The molecule has 1 aliphatic rings. The number of H-pyrrole nitrogens is 1. The Labute approximate surface area is 174 Å². The maximum absolute atomic E-state index is 12.4. The lowest BCUT2D eigenvalue weighted by Gasteiger charge is -2.22. The Morgan fingerprint density at radius 3 is 2.63 bits per heavy atom. The van der Waals surface area contributed by atoms with Crippen LogP contribution in [0.3, 0.4) is 0 Å². The molecule has 4 heterocycles. The van der Waals surface area contributed by atoms with E-state index in [9.17, 15) is 4.79 Å². The van der Waals surface area contributed by atoms with Crippen molar-refractivity contribution in [2.45, 2.75) is 20.4 Å². The van der Waals surface area contributed by atoms with E-state index in [4.69, 9.17) is 4.98 Å². The maximum Gasteiger partial charge on any atom is 0.268 e. The van der Waals surface area contributed by atoms with Crippen LogP contribution < -0.4 is 10.2 Å². The summed E-state index contributed by atoms with van der Waals surface area (Å²) in [6, 6.07) is 13.9. The van der Waals surface area contributed by atoms with Crippen LogP contribution in [0, 0.1) is 13.8 Å². The van der Waals surface area contributed by atoms with Crippen LogP contribution in [0.4, 0.5) is 17.3 Å². The Morgan fingerprint density at radius 2 is 1.90 bits per heavy atom. The molecule has 5 rings (SSSR count). The molecule has 4 aromatic rings. The van der Waals surface area contributed by atoms with E-state index >= 15 is 0 Å². The van der Waals surface area contributed by atoms with Crippen LogP contribution >= 0.6 is 0 Å². The predicted octanol–water partition coefficient (Wildman–Crippen LogP) is 4.10. The minimum atomic E-state index is -0.0272. The summed E-state index contributed by atoms with van der Waals surface area (Å²) >= 11 is 0. The first-order valence-electron chi connectivity index (χ1n) is 9.94. The minimum Gasteiger partial charge on any atom is -0.366 e. The highest BCUT2D eigenvalue weighted by molar-refractivity contribution is 5.97. The van der Waals surface area contributed by atoms with Gasteiger partial charge in [0.15, 0.2) is 0 Å². The number of hydrogen-bond donors (Lipinski definition) is 2. The number of benzene rings is 1. The summed E-state index contributed by atoms with van der Waals surface area (Å²) in [5.41, 5.74) is 6.44. The van der Waals surface area contributed by atoms with Crippen LogP contribution in [-0.2, 0) is 6.54 Å². The minimum absolute atomic E-state index is 0.0272. The Hall–Kier alpha value is -3.87. The number of fused-ring (bicyclic) bond motifs is 1. The molecule has 1 aliphatic heterocycles. The van der Waals surface area contributed by atoms with Crippen LogP contribution in [0.1, 0.15) is 21.7 Å². The molecular formula is C23H22N6O. The van der Waals surface area contributed by atoms with Gasteiger partial charge in [-0.2, -0.15) is 0 Å². The van der Waals surface area contributed by atoms with Gasteiger partial charge in [-0.1, -0.05) is 18.2 Å². The number of amides is 1. The van der Waals surface area contributed by atoms with E-state index in [2.05, 4.69) is 19.9 Å². The zero-order valence-electron chi connectivity index (χ0n) is 16.9. The molecule has 0 unspecified atom stereocenters. The summed E-state index contributed by atoms with van der Waals surface area (Å²) in [6.45, 7) is 5.45. The molecule has 1 aromatic carbocycles. The number of carbonyl (C=O) groups is 1. The lowest BCUT2D eigenvalue weighted by molar-refractivity contribution is 0.0926. The van der Waals surface area contributed by atoms with Crippen molar-refractivity contribution < 1.29 is 4.79 Å². The van der Waals surface area contributed by atoms with E-state index in [1.54, 1.807) is 6.20 Å². The molecule has 150 valence electrons. The standard InChI is InChI=1S/C23H22N6O/c1-15-20(16(2)28-13-12-25-22(30)21(15)28)19-9-11-26-23(27-19)29(18-8-10-24-14-18)17-6-4-3-5-7-17/h3-11,14,24H,12-13H2,1-2H3,(H,25,30). The second-order valence-electron chi connectivity index (χ2n) is 7.32. The maximum atomic E-state index is 12.4. The first-order valence-corrected chi connectivity index (χ1v) is 9.94. The molecule has 0 saturated carbocycles. The largest absolute Gasteiger partial charge is 0.366 e. The lowest BCUT2D eigenvalue weighted by Crippen LogP contribution is -2.35. The smallest absolute Gasteiger partial charge is 0.268 e. The Morgan fingerprint density at radius 1 is 1.07 bits per heavy atom. The van der Waals surface area contributed by atoms with E-state index in [0.717, 1.165) is 46.1 Å². The highest BCUT2D eigenvalue weighted by Gasteiger charge is 2.27. The molecule has 0 spiro atoms. The number of nitrogens with zero attached hydrogens (tertiary/aromatic N) is 4. The predicted molar refractivity (Wildman–Crippen MR) is 116 cm³/mol. The Bertz CT molecular complexity index is 1210. The van der Waals surface area contributed by atoms with Crippen LogP contribution in [0.15, 0.2) is 61.1 Å². The highest BCUT2D eigenvalue weighted by atomic mass is 16.2. The third-order valence-corrected chi connectivity index (χ3v) is 5.56. The van der Waals surface area contributed by atoms with Crippen LogP contribution in [0.5, 0.6) is 0 Å². The van der Waals surface area contributed by atoms with Gasteiger partial charge in [-0.05, 0) is 43.7 Å². The first-order chi connectivity index (χ1) is 14.6. The van der Waals surface area contributed by atoms with Gasteiger partial charge in [0.25, 0.3) is 5.91 Å². The van der Waals surface area contributed by atoms with Crippen molar-refractivity contribution >= 4 is 23.2 Å². The number of anilines is 3. The van der Waals surface area contributed by atoms with Gasteiger partial charge in [0.1, 0.15) is 5.69 Å². The first kappa shape index (κ1) is 18.2. The average molecular weight is 398 g/mol. The molecule has 2 N–H and O–H groups in total. The summed E-state index contributed by atoms with van der Waals surface area (Å²) in [5.74, 6) is 0.548. The van der Waals surface area contributed by atoms with Crippen molar-refractivity contribution in [2.75, 3.05) is 11.4 Å².